The first-order valence-electron chi connectivity index (χ1n) is 10.9. The van der Waals surface area contributed by atoms with E-state index in [0.29, 0.717) is 6.42 Å². The Morgan fingerprint density at radius 3 is 2.30 bits per heavy atom. The van der Waals surface area contributed by atoms with E-state index in [-0.39, 0.29) is 42.3 Å². The Morgan fingerprint density at radius 1 is 1.03 bits per heavy atom. The van der Waals surface area contributed by atoms with Crippen LogP contribution in [-0.2, 0) is 26.2 Å². The maximum atomic E-state index is 13.1. The fraction of sp³-hybridized carbons (Fsp3) is 0.417. The van der Waals surface area contributed by atoms with Crippen LogP contribution in [0.2, 0.25) is 0 Å². The summed E-state index contributed by atoms with van der Waals surface area (Å²) < 4.78 is 27.5. The molecule has 0 unspecified atom stereocenters. The first kappa shape index (κ1) is 27.0. The van der Waals surface area contributed by atoms with Crippen molar-refractivity contribution in [3.05, 3.63) is 64.6 Å². The second-order valence-corrected chi connectivity index (χ2v) is 11.2. The third-order valence-corrected chi connectivity index (χ3v) is 7.52. The van der Waals surface area contributed by atoms with E-state index < -0.39 is 16.1 Å². The summed E-state index contributed by atoms with van der Waals surface area (Å²) >= 11 is 3.44. The molecule has 2 aromatic rings. The number of carbonyl (C=O) groups is 2. The van der Waals surface area contributed by atoms with Gasteiger partial charge >= 0.3 is 0 Å². The molecule has 0 spiro atoms. The van der Waals surface area contributed by atoms with Crippen LogP contribution in [-0.4, -0.2) is 55.1 Å². The Kier molecular flexibility index (Phi) is 10.1. The lowest BCUT2D eigenvalue weighted by Gasteiger charge is -2.29. The molecule has 0 bridgehead atoms. The molecule has 0 aliphatic heterocycles. The van der Waals surface area contributed by atoms with Crippen LogP contribution in [0.1, 0.15) is 39.2 Å². The fourth-order valence-electron chi connectivity index (χ4n) is 3.31. The summed E-state index contributed by atoms with van der Waals surface area (Å²) in [5, 5.41) is 2.86. The molecule has 0 saturated carbocycles. The summed E-state index contributed by atoms with van der Waals surface area (Å²) in [7, 11) is -2.11. The van der Waals surface area contributed by atoms with Gasteiger partial charge in [0.25, 0.3) is 0 Å². The van der Waals surface area contributed by atoms with Gasteiger partial charge in [-0.1, -0.05) is 46.3 Å². The maximum absolute atomic E-state index is 13.1. The largest absolute Gasteiger partial charge is 0.352 e. The Bertz CT molecular complexity index is 1040. The number of carbonyl (C=O) groups excluding carboxylic acids is 2. The van der Waals surface area contributed by atoms with Crippen LogP contribution in [0.15, 0.2) is 64.0 Å². The van der Waals surface area contributed by atoms with Crippen LogP contribution in [0, 0.1) is 0 Å². The average Bonchev–Trinajstić information content (AvgIpc) is 2.77. The van der Waals surface area contributed by atoms with Gasteiger partial charge in [-0.25, -0.2) is 12.7 Å². The highest BCUT2D eigenvalue weighted by atomic mass is 79.9. The molecule has 0 saturated heterocycles. The molecular formula is C24H32BrN3O4S. The zero-order valence-electron chi connectivity index (χ0n) is 19.5. The molecule has 180 valence electrons. The third kappa shape index (κ3) is 7.94. The summed E-state index contributed by atoms with van der Waals surface area (Å²) in [6, 6.07) is 15.1. The number of nitrogens with one attached hydrogen (secondary N) is 1. The highest BCUT2D eigenvalue weighted by Gasteiger charge is 2.27. The van der Waals surface area contributed by atoms with Crippen molar-refractivity contribution in [3.63, 3.8) is 0 Å². The lowest BCUT2D eigenvalue weighted by molar-refractivity contribution is -0.140. The van der Waals surface area contributed by atoms with Crippen molar-refractivity contribution in [2.24, 2.45) is 0 Å². The Labute approximate surface area is 205 Å². The molecule has 9 heteroatoms. The van der Waals surface area contributed by atoms with Crippen molar-refractivity contribution in [2.75, 3.05) is 13.6 Å². The Hall–Kier alpha value is -2.23. The molecule has 0 aliphatic rings. The number of rotatable bonds is 11. The number of hydrogen-bond acceptors (Lipinski definition) is 4. The van der Waals surface area contributed by atoms with Gasteiger partial charge in [0, 0.05) is 37.1 Å². The van der Waals surface area contributed by atoms with Gasteiger partial charge in [0.05, 0.1) is 4.90 Å². The monoisotopic (exact) mass is 537 g/mol. The molecule has 0 aliphatic carbocycles. The smallest absolute Gasteiger partial charge is 0.242 e. The topological polar surface area (TPSA) is 86.8 Å². The molecule has 0 fully saturated rings. The minimum atomic E-state index is -3.61. The van der Waals surface area contributed by atoms with Gasteiger partial charge in [-0.05, 0) is 57.0 Å². The van der Waals surface area contributed by atoms with Gasteiger partial charge in [0.1, 0.15) is 6.04 Å². The number of hydrogen-bond donors (Lipinski definition) is 1. The van der Waals surface area contributed by atoms with E-state index in [4.69, 9.17) is 0 Å². The number of amides is 2. The summed E-state index contributed by atoms with van der Waals surface area (Å²) in [6.07, 6.45) is 0.469. The van der Waals surface area contributed by atoms with Crippen molar-refractivity contribution in [3.8, 4) is 0 Å². The van der Waals surface area contributed by atoms with Gasteiger partial charge in [0.2, 0.25) is 21.8 Å². The molecule has 1 atom stereocenters. The van der Waals surface area contributed by atoms with Crippen LogP contribution in [0.3, 0.4) is 0 Å². The summed E-state index contributed by atoms with van der Waals surface area (Å²) in [4.78, 5) is 27.5. The number of halogens is 1. The number of nitrogens with zero attached hydrogens (tertiary/aromatic N) is 2. The highest BCUT2D eigenvalue weighted by molar-refractivity contribution is 9.10. The van der Waals surface area contributed by atoms with Gasteiger partial charge < -0.3 is 10.2 Å². The van der Waals surface area contributed by atoms with Crippen LogP contribution >= 0.6 is 15.9 Å². The molecule has 0 radical (unpaired) electrons. The van der Waals surface area contributed by atoms with E-state index >= 15 is 0 Å². The van der Waals surface area contributed by atoms with Gasteiger partial charge in [-0.15, -0.1) is 0 Å². The molecule has 33 heavy (non-hydrogen) atoms. The van der Waals surface area contributed by atoms with Crippen molar-refractivity contribution in [1.82, 2.24) is 14.5 Å². The van der Waals surface area contributed by atoms with Crippen molar-refractivity contribution < 1.29 is 18.0 Å². The van der Waals surface area contributed by atoms with Gasteiger partial charge in [-0.3, -0.25) is 9.59 Å². The van der Waals surface area contributed by atoms with Gasteiger partial charge in [0.15, 0.2) is 0 Å². The molecule has 0 heterocycles. The van der Waals surface area contributed by atoms with E-state index in [9.17, 15) is 18.0 Å². The molecule has 7 nitrogen and oxygen atoms in total. The summed E-state index contributed by atoms with van der Waals surface area (Å²) in [6.45, 7) is 5.92. The molecule has 2 aromatic carbocycles. The normalized spacial score (nSPS) is 12.6. The molecule has 2 rings (SSSR count). The fourth-order valence-corrected chi connectivity index (χ4v) is 4.99. The number of benzene rings is 2. The first-order valence-corrected chi connectivity index (χ1v) is 13.1. The summed E-state index contributed by atoms with van der Waals surface area (Å²) in [5.74, 6) is -0.427. The Morgan fingerprint density at radius 2 is 1.70 bits per heavy atom. The van der Waals surface area contributed by atoms with E-state index in [1.54, 1.807) is 42.2 Å². The van der Waals surface area contributed by atoms with E-state index in [1.807, 2.05) is 38.1 Å². The van der Waals surface area contributed by atoms with Crippen molar-refractivity contribution >= 4 is 37.8 Å². The first-order chi connectivity index (χ1) is 15.5. The van der Waals surface area contributed by atoms with Crippen molar-refractivity contribution in [2.45, 2.75) is 57.1 Å². The highest BCUT2D eigenvalue weighted by Crippen LogP contribution is 2.18. The maximum Gasteiger partial charge on any atom is 0.242 e. The average molecular weight is 539 g/mol. The number of sulfonamides is 1. The van der Waals surface area contributed by atoms with E-state index in [2.05, 4.69) is 21.2 Å². The molecule has 0 aromatic heterocycles. The van der Waals surface area contributed by atoms with E-state index in [0.717, 1.165) is 10.0 Å². The molecule has 2 amide bonds. The van der Waals surface area contributed by atoms with Crippen LogP contribution in [0.4, 0.5) is 0 Å². The lowest BCUT2D eigenvalue weighted by Crippen LogP contribution is -2.49. The predicted molar refractivity (Wildman–Crippen MR) is 133 cm³/mol. The van der Waals surface area contributed by atoms with E-state index in [1.165, 1.54) is 11.4 Å². The minimum absolute atomic E-state index is 0.0420. The second kappa shape index (κ2) is 12.3. The summed E-state index contributed by atoms with van der Waals surface area (Å²) in [5.41, 5.74) is 0.894. The SMILES string of the molecule is CC(C)NC(=O)[C@@H](C)N(Cc1cccc(Br)c1)C(=O)CCCN(C)S(=O)(=O)c1ccccc1. The van der Waals surface area contributed by atoms with Crippen LogP contribution in [0.25, 0.3) is 0 Å². The Balaban J connectivity index is 2.08. The molecule has 1 N–H and O–H groups in total. The zero-order chi connectivity index (χ0) is 24.6. The van der Waals surface area contributed by atoms with Crippen LogP contribution in [0.5, 0.6) is 0 Å². The second-order valence-electron chi connectivity index (χ2n) is 8.23. The third-order valence-electron chi connectivity index (χ3n) is 5.16. The van der Waals surface area contributed by atoms with Crippen LogP contribution < -0.4 is 5.32 Å². The predicted octanol–water partition coefficient (Wildman–Crippen LogP) is 3.79. The lowest BCUT2D eigenvalue weighted by atomic mass is 10.1. The standard InChI is InChI=1S/C24H32BrN3O4S/c1-18(2)26-24(30)19(3)28(17-20-10-8-11-21(25)16-20)23(29)14-9-15-27(4)33(31,32)22-12-6-5-7-13-22/h5-8,10-13,16,18-19H,9,14-15,17H2,1-4H3,(H,26,30)/t19-/m1/s1. The van der Waals surface area contributed by atoms with Gasteiger partial charge in [-0.2, -0.15) is 0 Å². The molecular weight excluding hydrogens is 506 g/mol. The zero-order valence-corrected chi connectivity index (χ0v) is 21.9. The van der Waals surface area contributed by atoms with Crippen molar-refractivity contribution in [1.29, 1.82) is 0 Å². The quantitative estimate of drug-likeness (QED) is 0.472. The minimum Gasteiger partial charge on any atom is -0.352 e.